The quantitative estimate of drug-likeness (QED) is 0.733. The summed E-state index contributed by atoms with van der Waals surface area (Å²) in [7, 11) is 0. The molecule has 29 heavy (non-hydrogen) atoms. The van der Waals surface area contributed by atoms with Crippen LogP contribution in [0.5, 0.6) is 11.5 Å². The zero-order valence-corrected chi connectivity index (χ0v) is 15.5. The summed E-state index contributed by atoms with van der Waals surface area (Å²) in [6, 6.07) is 13.6. The molecule has 0 bridgehead atoms. The van der Waals surface area contributed by atoms with Crippen LogP contribution in [0.1, 0.15) is 42.7 Å². The molecule has 2 aliphatic rings. The number of anilines is 1. The van der Waals surface area contributed by atoms with E-state index < -0.39 is 6.29 Å². The number of amides is 1. The van der Waals surface area contributed by atoms with E-state index in [4.69, 9.17) is 5.26 Å². The molecule has 1 aliphatic carbocycles. The van der Waals surface area contributed by atoms with Crippen molar-refractivity contribution in [1.82, 2.24) is 0 Å². The number of halogens is 2. The highest BCUT2D eigenvalue weighted by Crippen LogP contribution is 2.44. The minimum Gasteiger partial charge on any atom is -0.395 e. The van der Waals surface area contributed by atoms with Gasteiger partial charge in [0, 0.05) is 11.8 Å². The maximum absolute atomic E-state index is 13.2. The molecule has 1 saturated carbocycles. The largest absolute Gasteiger partial charge is 0.586 e. The average Bonchev–Trinajstić information content (AvgIpc) is 3.02. The van der Waals surface area contributed by atoms with E-state index in [0.717, 1.165) is 36.8 Å². The lowest BCUT2D eigenvalue weighted by Crippen LogP contribution is -2.25. The van der Waals surface area contributed by atoms with Gasteiger partial charge in [-0.2, -0.15) is 5.26 Å². The minimum absolute atomic E-state index is 0.0506. The highest BCUT2D eigenvalue weighted by Gasteiger charge is 2.43. The zero-order chi connectivity index (χ0) is 20.4. The fraction of sp³-hybridized carbons (Fsp3) is 0.273. The Hall–Kier alpha value is -3.40. The van der Waals surface area contributed by atoms with Crippen LogP contribution in [0.3, 0.4) is 0 Å². The van der Waals surface area contributed by atoms with Gasteiger partial charge in [0.25, 0.3) is 0 Å². The molecule has 0 atom stereocenters. The molecular formula is C22H18F2N2O3. The topological polar surface area (TPSA) is 71.4 Å². The lowest BCUT2D eigenvalue weighted by Gasteiger charge is -2.24. The Morgan fingerprint density at radius 1 is 1.10 bits per heavy atom. The summed E-state index contributed by atoms with van der Waals surface area (Å²) in [5.74, 6) is 0.135. The van der Waals surface area contributed by atoms with Gasteiger partial charge in [-0.3, -0.25) is 4.79 Å². The first-order valence-electron chi connectivity index (χ1n) is 9.32. The summed E-state index contributed by atoms with van der Waals surface area (Å²) < 4.78 is 35.3. The number of carbonyl (C=O) groups excluding carboxylic acids is 1. The van der Waals surface area contributed by atoms with Gasteiger partial charge in [-0.1, -0.05) is 11.6 Å². The van der Waals surface area contributed by atoms with Crippen molar-refractivity contribution < 1.29 is 23.0 Å². The number of ether oxygens (including phenoxy) is 2. The first-order valence-corrected chi connectivity index (χ1v) is 9.32. The molecular weight excluding hydrogens is 378 g/mol. The van der Waals surface area contributed by atoms with Crippen LogP contribution in [0.2, 0.25) is 0 Å². The number of fused-ring (bicyclic) bond motifs is 1. The van der Waals surface area contributed by atoms with Gasteiger partial charge in [-0.15, -0.1) is 8.78 Å². The Morgan fingerprint density at radius 2 is 1.79 bits per heavy atom. The zero-order valence-electron chi connectivity index (χ0n) is 15.5. The Bertz CT molecular complexity index is 1000. The summed E-state index contributed by atoms with van der Waals surface area (Å²) in [4.78, 5) is 12.2. The summed E-state index contributed by atoms with van der Waals surface area (Å²) in [5.41, 5.74) is 3.16. The summed E-state index contributed by atoms with van der Waals surface area (Å²) in [5, 5.41) is 11.6. The first kappa shape index (κ1) is 18.9. The van der Waals surface area contributed by atoms with Crippen molar-refractivity contribution in [3.8, 4) is 17.6 Å². The fourth-order valence-corrected chi connectivity index (χ4v) is 3.68. The Labute approximate surface area is 166 Å². The molecule has 5 nitrogen and oxygen atoms in total. The molecule has 0 saturated heterocycles. The summed E-state index contributed by atoms with van der Waals surface area (Å²) in [6.45, 7) is 0. The van der Waals surface area contributed by atoms with Crippen molar-refractivity contribution in [2.45, 2.75) is 37.9 Å². The van der Waals surface area contributed by atoms with Gasteiger partial charge in [-0.05, 0) is 73.6 Å². The van der Waals surface area contributed by atoms with E-state index in [0.29, 0.717) is 11.3 Å². The highest BCUT2D eigenvalue weighted by atomic mass is 19.3. The Morgan fingerprint density at radius 3 is 2.48 bits per heavy atom. The Kier molecular flexibility index (Phi) is 4.93. The average molecular weight is 396 g/mol. The predicted molar refractivity (Wildman–Crippen MR) is 102 cm³/mol. The van der Waals surface area contributed by atoms with E-state index in [9.17, 15) is 13.6 Å². The van der Waals surface area contributed by atoms with Crippen LogP contribution in [0.15, 0.2) is 54.1 Å². The van der Waals surface area contributed by atoms with Gasteiger partial charge in [0.05, 0.1) is 11.6 Å². The molecule has 7 heteroatoms. The number of allylic oxidation sites excluding steroid dienone is 1. The standard InChI is InChI=1S/C22H18F2N2O3/c23-22(24)28-19-10-7-17(12-20(19)29-22)16-5-1-14(2-6-16)11-21(27)26-18-8-3-15(13-25)4-9-18/h3-4,7-12,16H,1-2,5-6H2,(H,26,27). The summed E-state index contributed by atoms with van der Waals surface area (Å²) >= 11 is 0. The van der Waals surface area contributed by atoms with E-state index in [2.05, 4.69) is 14.8 Å². The van der Waals surface area contributed by atoms with Crippen molar-refractivity contribution >= 4 is 11.6 Å². The number of hydrogen-bond acceptors (Lipinski definition) is 4. The van der Waals surface area contributed by atoms with E-state index in [-0.39, 0.29) is 23.3 Å². The Balaban J connectivity index is 1.34. The number of nitrogens with one attached hydrogen (secondary N) is 1. The lowest BCUT2D eigenvalue weighted by molar-refractivity contribution is -0.286. The third-order valence-electron chi connectivity index (χ3n) is 5.14. The molecule has 0 spiro atoms. The van der Waals surface area contributed by atoms with E-state index in [1.54, 1.807) is 42.5 Å². The van der Waals surface area contributed by atoms with Crippen molar-refractivity contribution in [2.75, 3.05) is 5.32 Å². The van der Waals surface area contributed by atoms with Crippen LogP contribution >= 0.6 is 0 Å². The van der Waals surface area contributed by atoms with Gasteiger partial charge < -0.3 is 14.8 Å². The van der Waals surface area contributed by atoms with Gasteiger partial charge in [0.15, 0.2) is 11.5 Å². The number of benzene rings is 2. The maximum Gasteiger partial charge on any atom is 0.586 e. The maximum atomic E-state index is 13.2. The normalized spacial score (nSPS) is 19.3. The smallest absolute Gasteiger partial charge is 0.395 e. The van der Waals surface area contributed by atoms with Gasteiger partial charge in [0.1, 0.15) is 0 Å². The van der Waals surface area contributed by atoms with Crippen molar-refractivity contribution in [2.24, 2.45) is 0 Å². The van der Waals surface area contributed by atoms with Gasteiger partial charge in [-0.25, -0.2) is 0 Å². The van der Waals surface area contributed by atoms with Crippen LogP contribution in [-0.4, -0.2) is 12.2 Å². The molecule has 0 radical (unpaired) electrons. The number of nitriles is 1. The second kappa shape index (κ2) is 7.55. The van der Waals surface area contributed by atoms with Crippen LogP contribution in [0, 0.1) is 11.3 Å². The van der Waals surface area contributed by atoms with Crippen molar-refractivity contribution in [1.29, 1.82) is 5.26 Å². The highest BCUT2D eigenvalue weighted by molar-refractivity contribution is 5.99. The SMILES string of the molecule is N#Cc1ccc(NC(=O)C=C2CCC(c3ccc4c(c3)OC(F)(F)O4)CC2)cc1. The summed E-state index contributed by atoms with van der Waals surface area (Å²) in [6.07, 6.45) is 1.19. The third kappa shape index (κ3) is 4.37. The number of rotatable bonds is 3. The molecule has 0 unspecified atom stereocenters. The van der Waals surface area contributed by atoms with Crippen LogP contribution in [0.25, 0.3) is 0 Å². The van der Waals surface area contributed by atoms with Crippen LogP contribution < -0.4 is 14.8 Å². The molecule has 1 aliphatic heterocycles. The fourth-order valence-electron chi connectivity index (χ4n) is 3.68. The van der Waals surface area contributed by atoms with E-state index in [1.807, 2.05) is 6.07 Å². The number of carbonyl (C=O) groups is 1. The van der Waals surface area contributed by atoms with E-state index in [1.165, 1.54) is 6.07 Å². The monoisotopic (exact) mass is 396 g/mol. The van der Waals surface area contributed by atoms with Crippen molar-refractivity contribution in [3.63, 3.8) is 0 Å². The number of nitrogens with zero attached hydrogens (tertiary/aromatic N) is 1. The molecule has 1 amide bonds. The first-order chi connectivity index (χ1) is 13.9. The molecule has 1 heterocycles. The molecule has 2 aromatic carbocycles. The minimum atomic E-state index is -3.61. The molecule has 4 rings (SSSR count). The lowest BCUT2D eigenvalue weighted by atomic mass is 9.81. The van der Waals surface area contributed by atoms with Crippen LogP contribution in [-0.2, 0) is 4.79 Å². The second-order valence-electron chi connectivity index (χ2n) is 7.13. The van der Waals surface area contributed by atoms with Crippen molar-refractivity contribution in [3.05, 3.63) is 65.2 Å². The molecule has 1 N–H and O–H groups in total. The van der Waals surface area contributed by atoms with Gasteiger partial charge in [0.2, 0.25) is 5.91 Å². The third-order valence-corrected chi connectivity index (χ3v) is 5.14. The molecule has 2 aromatic rings. The molecule has 1 fully saturated rings. The second-order valence-corrected chi connectivity index (χ2v) is 7.13. The number of alkyl halides is 2. The van der Waals surface area contributed by atoms with E-state index >= 15 is 0 Å². The van der Waals surface area contributed by atoms with Crippen LogP contribution in [0.4, 0.5) is 14.5 Å². The number of hydrogen-bond donors (Lipinski definition) is 1. The van der Waals surface area contributed by atoms with Gasteiger partial charge >= 0.3 is 6.29 Å². The predicted octanol–water partition coefficient (Wildman–Crippen LogP) is 5.10. The molecule has 0 aromatic heterocycles. The molecule has 148 valence electrons.